The van der Waals surface area contributed by atoms with Crippen molar-refractivity contribution in [1.29, 1.82) is 0 Å². The summed E-state index contributed by atoms with van der Waals surface area (Å²) < 4.78 is 1.55. The van der Waals surface area contributed by atoms with Crippen LogP contribution in [0.15, 0.2) is 36.7 Å². The number of benzene rings is 1. The summed E-state index contributed by atoms with van der Waals surface area (Å²) in [5.41, 5.74) is 4.99. The van der Waals surface area contributed by atoms with Crippen LogP contribution in [0, 0.1) is 0 Å². The number of hydrogen-bond donors (Lipinski definition) is 1. The van der Waals surface area contributed by atoms with Gasteiger partial charge in [0.05, 0.1) is 11.9 Å². The first-order chi connectivity index (χ1) is 13.3. The molecule has 1 aliphatic rings. The number of carboxylic acids is 1. The number of hydrogen-bond acceptors (Lipinski definition) is 4. The van der Waals surface area contributed by atoms with Crippen LogP contribution in [0.2, 0.25) is 0 Å². The molecule has 0 unspecified atom stereocenters. The maximum Gasteiger partial charge on any atom is 0.339 e. The Labute approximate surface area is 164 Å². The first-order valence-corrected chi connectivity index (χ1v) is 9.40. The first-order valence-electron chi connectivity index (χ1n) is 9.40. The van der Waals surface area contributed by atoms with Gasteiger partial charge in [-0.3, -0.25) is 0 Å². The Bertz CT molecular complexity index is 1100. The molecule has 0 spiro atoms. The lowest BCUT2D eigenvalue weighted by atomic mass is 9.80. The number of nitrogens with zero attached hydrogens (tertiary/aromatic N) is 4. The monoisotopic (exact) mass is 376 g/mol. The maximum absolute atomic E-state index is 11.6. The highest BCUT2D eigenvalue weighted by Crippen LogP contribution is 2.42. The molecule has 1 N–H and O–H groups in total. The molecule has 0 saturated carbocycles. The number of anilines is 1. The summed E-state index contributed by atoms with van der Waals surface area (Å²) in [5.74, 6) is -0.560. The number of rotatable bonds is 3. The van der Waals surface area contributed by atoms with Gasteiger partial charge in [-0.25, -0.2) is 14.3 Å². The van der Waals surface area contributed by atoms with Gasteiger partial charge in [-0.1, -0.05) is 19.1 Å². The number of aromatic nitrogens is 3. The van der Waals surface area contributed by atoms with Crippen molar-refractivity contribution in [3.63, 3.8) is 0 Å². The third-order valence-electron chi connectivity index (χ3n) is 5.77. The topological polar surface area (TPSA) is 70.7 Å². The molecular weight excluding hydrogens is 352 g/mol. The van der Waals surface area contributed by atoms with Crippen molar-refractivity contribution >= 4 is 29.5 Å². The molecule has 1 aliphatic heterocycles. The molecule has 28 heavy (non-hydrogen) atoms. The molecule has 3 aromatic rings. The SMILES string of the molecule is C[C@@H]1CC(C)(C)N(C)c2ccc(/C=C/c3c(C(=O)O)cnc4ccnn34)cc21. The Kier molecular flexibility index (Phi) is 4.22. The van der Waals surface area contributed by atoms with Gasteiger partial charge in [0.1, 0.15) is 5.56 Å². The molecule has 1 aromatic carbocycles. The van der Waals surface area contributed by atoms with Gasteiger partial charge < -0.3 is 10.0 Å². The van der Waals surface area contributed by atoms with E-state index in [4.69, 9.17) is 0 Å². The quantitative estimate of drug-likeness (QED) is 0.737. The van der Waals surface area contributed by atoms with Crippen LogP contribution < -0.4 is 4.90 Å². The van der Waals surface area contributed by atoms with Gasteiger partial charge in [-0.15, -0.1) is 0 Å². The lowest BCUT2D eigenvalue weighted by Gasteiger charge is -2.45. The zero-order chi connectivity index (χ0) is 20.1. The Morgan fingerprint density at radius 1 is 1.29 bits per heavy atom. The Morgan fingerprint density at radius 2 is 2.07 bits per heavy atom. The molecule has 144 valence electrons. The van der Waals surface area contributed by atoms with E-state index in [0.717, 1.165) is 12.0 Å². The van der Waals surface area contributed by atoms with E-state index in [9.17, 15) is 9.90 Å². The summed E-state index contributed by atoms with van der Waals surface area (Å²) >= 11 is 0. The molecule has 6 nitrogen and oxygen atoms in total. The smallest absolute Gasteiger partial charge is 0.339 e. The molecule has 3 heterocycles. The number of carboxylic acid groups (broad SMARTS) is 1. The minimum atomic E-state index is -1.02. The third kappa shape index (κ3) is 2.95. The number of aromatic carboxylic acids is 1. The summed E-state index contributed by atoms with van der Waals surface area (Å²) in [5, 5.41) is 13.7. The van der Waals surface area contributed by atoms with Crippen LogP contribution in [-0.2, 0) is 0 Å². The minimum Gasteiger partial charge on any atom is -0.478 e. The molecule has 1 atom stereocenters. The van der Waals surface area contributed by atoms with E-state index in [-0.39, 0.29) is 11.1 Å². The van der Waals surface area contributed by atoms with Crippen LogP contribution >= 0.6 is 0 Å². The van der Waals surface area contributed by atoms with Gasteiger partial charge in [-0.2, -0.15) is 5.10 Å². The summed E-state index contributed by atoms with van der Waals surface area (Å²) in [4.78, 5) is 18.1. The van der Waals surface area contributed by atoms with Gasteiger partial charge in [-0.05, 0) is 55.5 Å². The fourth-order valence-corrected chi connectivity index (χ4v) is 4.09. The largest absolute Gasteiger partial charge is 0.478 e. The van der Waals surface area contributed by atoms with E-state index < -0.39 is 5.97 Å². The van der Waals surface area contributed by atoms with Crippen molar-refractivity contribution in [2.24, 2.45) is 0 Å². The lowest BCUT2D eigenvalue weighted by molar-refractivity contribution is 0.0695. The van der Waals surface area contributed by atoms with Crippen molar-refractivity contribution in [3.8, 4) is 0 Å². The Balaban J connectivity index is 1.75. The second-order valence-corrected chi connectivity index (χ2v) is 8.09. The number of fused-ring (bicyclic) bond motifs is 2. The second-order valence-electron chi connectivity index (χ2n) is 8.09. The van der Waals surface area contributed by atoms with E-state index >= 15 is 0 Å². The molecule has 4 rings (SSSR count). The van der Waals surface area contributed by atoms with Gasteiger partial charge in [0.25, 0.3) is 0 Å². The summed E-state index contributed by atoms with van der Waals surface area (Å²) in [6.07, 6.45) is 7.82. The Morgan fingerprint density at radius 3 is 2.82 bits per heavy atom. The average Bonchev–Trinajstić information content (AvgIpc) is 3.12. The van der Waals surface area contributed by atoms with E-state index in [1.54, 1.807) is 22.9 Å². The standard InChI is InChI=1S/C22H24N4O2/c1-14-12-22(2,3)25(4)18-7-5-15(11-16(14)18)6-8-19-17(21(27)28)13-23-20-9-10-24-26(19)20/h5-11,13-14H,12H2,1-4H3,(H,27,28)/b8-6+/t14-/m1/s1. The highest BCUT2D eigenvalue weighted by atomic mass is 16.4. The van der Waals surface area contributed by atoms with E-state index in [1.807, 2.05) is 6.08 Å². The fraction of sp³-hybridized carbons (Fsp3) is 0.318. The van der Waals surface area contributed by atoms with Crippen LogP contribution in [0.4, 0.5) is 5.69 Å². The predicted molar refractivity (Wildman–Crippen MR) is 111 cm³/mol. The molecule has 0 saturated heterocycles. The van der Waals surface area contributed by atoms with Gasteiger partial charge in [0.15, 0.2) is 5.65 Å². The number of carbonyl (C=O) groups is 1. The second kappa shape index (κ2) is 6.48. The molecule has 2 aromatic heterocycles. The predicted octanol–water partition coefficient (Wildman–Crippen LogP) is 4.32. The zero-order valence-electron chi connectivity index (χ0n) is 16.5. The molecule has 0 bridgehead atoms. The van der Waals surface area contributed by atoms with Crippen LogP contribution in [0.1, 0.15) is 60.3 Å². The third-order valence-corrected chi connectivity index (χ3v) is 5.77. The van der Waals surface area contributed by atoms with E-state index in [0.29, 0.717) is 17.3 Å². The molecule has 6 heteroatoms. The molecule has 0 aliphatic carbocycles. The van der Waals surface area contributed by atoms with Crippen LogP contribution in [0.25, 0.3) is 17.8 Å². The normalized spacial score (nSPS) is 18.6. The van der Waals surface area contributed by atoms with Crippen LogP contribution in [0.3, 0.4) is 0 Å². The average molecular weight is 376 g/mol. The first kappa shape index (κ1) is 18.2. The molecular formula is C22H24N4O2. The lowest BCUT2D eigenvalue weighted by Crippen LogP contribution is -2.45. The van der Waals surface area contributed by atoms with E-state index in [1.165, 1.54) is 17.4 Å². The van der Waals surface area contributed by atoms with Crippen molar-refractivity contribution < 1.29 is 9.90 Å². The molecule has 0 amide bonds. The maximum atomic E-state index is 11.6. The van der Waals surface area contributed by atoms with Gasteiger partial charge in [0, 0.05) is 30.5 Å². The summed E-state index contributed by atoms with van der Waals surface area (Å²) in [6.45, 7) is 6.80. The van der Waals surface area contributed by atoms with Crippen molar-refractivity contribution in [1.82, 2.24) is 14.6 Å². The molecule has 0 fully saturated rings. The highest BCUT2D eigenvalue weighted by molar-refractivity contribution is 5.92. The van der Waals surface area contributed by atoms with E-state index in [2.05, 4.69) is 61.0 Å². The molecule has 0 radical (unpaired) electrons. The van der Waals surface area contributed by atoms with Gasteiger partial charge in [0.2, 0.25) is 0 Å². The summed E-state index contributed by atoms with van der Waals surface area (Å²) in [7, 11) is 2.14. The van der Waals surface area contributed by atoms with Crippen molar-refractivity contribution in [2.45, 2.75) is 38.6 Å². The van der Waals surface area contributed by atoms with Crippen LogP contribution in [-0.4, -0.2) is 38.3 Å². The fourth-order valence-electron chi connectivity index (χ4n) is 4.09. The van der Waals surface area contributed by atoms with Crippen molar-refractivity contribution in [3.05, 3.63) is 59.0 Å². The zero-order valence-corrected chi connectivity index (χ0v) is 16.5. The van der Waals surface area contributed by atoms with Gasteiger partial charge >= 0.3 is 5.97 Å². The minimum absolute atomic E-state index is 0.125. The summed E-state index contributed by atoms with van der Waals surface area (Å²) in [6, 6.07) is 8.17. The Hall–Kier alpha value is -3.15. The highest BCUT2D eigenvalue weighted by Gasteiger charge is 2.33. The van der Waals surface area contributed by atoms with Crippen molar-refractivity contribution in [2.75, 3.05) is 11.9 Å². The van der Waals surface area contributed by atoms with Crippen LogP contribution in [0.5, 0.6) is 0 Å².